The lowest BCUT2D eigenvalue weighted by molar-refractivity contribution is 0.463. The molecule has 150 valence electrons. The van der Waals surface area contributed by atoms with Gasteiger partial charge in [0.05, 0.1) is 0 Å². The van der Waals surface area contributed by atoms with E-state index in [2.05, 4.69) is 72.7 Å². The summed E-state index contributed by atoms with van der Waals surface area (Å²) in [7, 11) is 0. The maximum Gasteiger partial charge on any atom is 0.292 e. The van der Waals surface area contributed by atoms with Crippen LogP contribution in [0.2, 0.25) is 0 Å². The molecule has 0 bridgehead atoms. The van der Waals surface area contributed by atoms with Crippen LogP contribution in [0.4, 0.5) is 29.7 Å². The molecular formula is C12H22N16. The van der Waals surface area contributed by atoms with Gasteiger partial charge in [0.2, 0.25) is 11.9 Å². The fourth-order valence-corrected chi connectivity index (χ4v) is 1.77. The molecule has 0 aliphatic carbocycles. The molecule has 0 aliphatic rings. The van der Waals surface area contributed by atoms with Crippen molar-refractivity contribution >= 4 is 29.7 Å². The molecule has 0 spiro atoms. The minimum absolute atomic E-state index is 0.0619. The Kier molecular flexibility index (Phi) is 5.41. The highest BCUT2D eigenvalue weighted by atomic mass is 15.5. The van der Waals surface area contributed by atoms with Crippen LogP contribution >= 0.6 is 0 Å². The molecule has 3 heterocycles. The van der Waals surface area contributed by atoms with Gasteiger partial charge in [-0.05, 0) is 20.8 Å². The summed E-state index contributed by atoms with van der Waals surface area (Å²) in [5.41, 5.74) is 17.3. The third-order valence-corrected chi connectivity index (χ3v) is 2.93. The van der Waals surface area contributed by atoms with Crippen LogP contribution in [0.15, 0.2) is 0 Å². The molecule has 16 nitrogen and oxygen atoms in total. The smallest absolute Gasteiger partial charge is 0.292 e. The Morgan fingerprint density at radius 1 is 1.00 bits per heavy atom. The SMILES string of the molecule is CCNNc1nc(N)n(-c2nnc(Nc3n[nH]c(NNC(C)(C)C)n3)nn2)n1. The zero-order chi connectivity index (χ0) is 20.1. The number of hydrogen-bond acceptors (Lipinski definition) is 14. The average molecular weight is 390 g/mol. The number of hydrogen-bond donors (Lipinski definition) is 7. The fourth-order valence-electron chi connectivity index (χ4n) is 1.77. The van der Waals surface area contributed by atoms with E-state index in [1.165, 1.54) is 4.68 Å². The van der Waals surface area contributed by atoms with Crippen LogP contribution in [0.5, 0.6) is 0 Å². The number of aromatic nitrogens is 10. The Hall–Kier alpha value is -3.66. The van der Waals surface area contributed by atoms with Gasteiger partial charge in [-0.15, -0.1) is 30.6 Å². The van der Waals surface area contributed by atoms with Gasteiger partial charge in [0.25, 0.3) is 23.8 Å². The van der Waals surface area contributed by atoms with Crippen LogP contribution in [-0.4, -0.2) is 62.4 Å². The van der Waals surface area contributed by atoms with E-state index in [0.717, 1.165) is 0 Å². The summed E-state index contributed by atoms with van der Waals surface area (Å²) in [6, 6.07) is 0. The first kappa shape index (κ1) is 19.1. The van der Waals surface area contributed by atoms with E-state index >= 15 is 0 Å². The number of nitrogens with zero attached hydrogens (tertiary/aromatic N) is 9. The van der Waals surface area contributed by atoms with Crippen LogP contribution in [0, 0.1) is 0 Å². The fraction of sp³-hybridized carbons (Fsp3) is 0.500. The summed E-state index contributed by atoms with van der Waals surface area (Å²) >= 11 is 0. The van der Waals surface area contributed by atoms with E-state index in [4.69, 9.17) is 5.73 Å². The lowest BCUT2D eigenvalue weighted by Gasteiger charge is -2.20. The molecule has 0 amide bonds. The summed E-state index contributed by atoms with van der Waals surface area (Å²) < 4.78 is 1.20. The largest absolute Gasteiger partial charge is 0.368 e. The number of anilines is 5. The van der Waals surface area contributed by atoms with E-state index in [-0.39, 0.29) is 35.3 Å². The molecule has 0 unspecified atom stereocenters. The average Bonchev–Trinajstić information content (AvgIpc) is 3.25. The molecular weight excluding hydrogens is 368 g/mol. The van der Waals surface area contributed by atoms with E-state index in [0.29, 0.717) is 12.5 Å². The zero-order valence-electron chi connectivity index (χ0n) is 15.8. The van der Waals surface area contributed by atoms with Crippen molar-refractivity contribution in [2.75, 3.05) is 28.4 Å². The highest BCUT2D eigenvalue weighted by molar-refractivity contribution is 5.43. The molecule has 0 aliphatic heterocycles. The Morgan fingerprint density at radius 3 is 2.43 bits per heavy atom. The van der Waals surface area contributed by atoms with Gasteiger partial charge in [-0.2, -0.15) is 14.6 Å². The number of H-pyrrole nitrogens is 1. The maximum atomic E-state index is 5.80. The van der Waals surface area contributed by atoms with E-state index < -0.39 is 0 Å². The molecule has 0 aromatic carbocycles. The highest BCUT2D eigenvalue weighted by Crippen LogP contribution is 2.10. The van der Waals surface area contributed by atoms with Crippen LogP contribution < -0.4 is 32.8 Å². The Bertz CT molecular complexity index is 889. The molecule has 3 aromatic heterocycles. The van der Waals surface area contributed by atoms with Crippen LogP contribution in [0.1, 0.15) is 27.7 Å². The summed E-state index contributed by atoms with van der Waals surface area (Å²) in [5.74, 6) is 1.18. The number of hydrazine groups is 2. The van der Waals surface area contributed by atoms with E-state index in [1.807, 2.05) is 27.7 Å². The highest BCUT2D eigenvalue weighted by Gasteiger charge is 2.14. The number of nitrogens with one attached hydrogen (secondary N) is 6. The third-order valence-electron chi connectivity index (χ3n) is 2.93. The van der Waals surface area contributed by atoms with Gasteiger partial charge in [-0.3, -0.25) is 16.2 Å². The minimum Gasteiger partial charge on any atom is -0.368 e. The van der Waals surface area contributed by atoms with Gasteiger partial charge < -0.3 is 5.73 Å². The first-order valence-electron chi connectivity index (χ1n) is 8.36. The van der Waals surface area contributed by atoms with Crippen molar-refractivity contribution in [1.82, 2.24) is 61.2 Å². The first-order valence-corrected chi connectivity index (χ1v) is 8.36. The maximum absolute atomic E-state index is 5.80. The normalized spacial score (nSPS) is 11.4. The van der Waals surface area contributed by atoms with Gasteiger partial charge in [0.1, 0.15) is 0 Å². The molecule has 0 saturated carbocycles. The van der Waals surface area contributed by atoms with Crippen LogP contribution in [0.25, 0.3) is 5.95 Å². The molecule has 3 rings (SSSR count). The van der Waals surface area contributed by atoms with Crippen molar-refractivity contribution < 1.29 is 0 Å². The second-order valence-corrected chi connectivity index (χ2v) is 6.52. The number of nitrogens with two attached hydrogens (primary N) is 1. The van der Waals surface area contributed by atoms with Crippen molar-refractivity contribution in [2.24, 2.45) is 0 Å². The standard InChI is InChI=1S/C12H22N16/c1-5-14-18-10-15-6(13)28(26-10)11-24-21-8(22-25-11)16-7-17-9(20-19-7)23-27-12(2,3)4/h14,27H,5H2,1-4H3,(H3,13,15,18,26)(H3,16,17,19,20,21,22,23). The summed E-state index contributed by atoms with van der Waals surface area (Å²) in [6.45, 7) is 8.61. The lowest BCUT2D eigenvalue weighted by Crippen LogP contribution is -2.40. The predicted molar refractivity (Wildman–Crippen MR) is 100 cm³/mol. The molecule has 0 fully saturated rings. The molecule has 8 N–H and O–H groups in total. The van der Waals surface area contributed by atoms with Crippen LogP contribution in [-0.2, 0) is 0 Å². The molecule has 0 saturated heterocycles. The van der Waals surface area contributed by atoms with Crippen molar-refractivity contribution in [2.45, 2.75) is 33.2 Å². The van der Waals surface area contributed by atoms with Gasteiger partial charge in [0.15, 0.2) is 0 Å². The van der Waals surface area contributed by atoms with E-state index in [9.17, 15) is 0 Å². The summed E-state index contributed by atoms with van der Waals surface area (Å²) in [4.78, 5) is 8.21. The van der Waals surface area contributed by atoms with E-state index in [1.54, 1.807) is 0 Å². The number of aromatic amines is 1. The second kappa shape index (κ2) is 7.92. The quantitative estimate of drug-likeness (QED) is 0.229. The number of nitrogen functional groups attached to an aromatic ring is 1. The predicted octanol–water partition coefficient (Wildman–Crippen LogP) is -1.06. The molecule has 0 radical (unpaired) electrons. The van der Waals surface area contributed by atoms with Crippen molar-refractivity contribution in [3.63, 3.8) is 0 Å². The molecule has 3 aromatic rings. The molecule has 28 heavy (non-hydrogen) atoms. The zero-order valence-corrected chi connectivity index (χ0v) is 15.8. The van der Waals surface area contributed by atoms with Gasteiger partial charge >= 0.3 is 0 Å². The number of rotatable bonds is 8. The Morgan fingerprint density at radius 2 is 1.75 bits per heavy atom. The third kappa shape index (κ3) is 4.95. The lowest BCUT2D eigenvalue weighted by atomic mass is 10.1. The Labute approximate surface area is 159 Å². The summed E-state index contributed by atoms with van der Waals surface area (Å²) in [5, 5.41) is 29.3. The van der Waals surface area contributed by atoms with Crippen molar-refractivity contribution in [1.29, 1.82) is 0 Å². The minimum atomic E-state index is -0.141. The van der Waals surface area contributed by atoms with Crippen LogP contribution in [0.3, 0.4) is 0 Å². The topological polar surface area (TPSA) is 210 Å². The first-order chi connectivity index (χ1) is 13.3. The second-order valence-electron chi connectivity index (χ2n) is 6.52. The summed E-state index contributed by atoms with van der Waals surface area (Å²) in [6.07, 6.45) is 0. The van der Waals surface area contributed by atoms with Crippen molar-refractivity contribution in [3.05, 3.63) is 0 Å². The Balaban J connectivity index is 1.64. The molecule has 0 atom stereocenters. The van der Waals surface area contributed by atoms with Gasteiger partial charge in [-0.1, -0.05) is 6.92 Å². The molecule has 16 heteroatoms. The van der Waals surface area contributed by atoms with Gasteiger partial charge in [0, 0.05) is 12.1 Å². The van der Waals surface area contributed by atoms with Crippen molar-refractivity contribution in [3.8, 4) is 5.95 Å². The monoisotopic (exact) mass is 390 g/mol. The van der Waals surface area contributed by atoms with Gasteiger partial charge in [-0.25, -0.2) is 16.0 Å².